The predicted molar refractivity (Wildman–Crippen MR) is 80.4 cm³/mol. The fourth-order valence-electron chi connectivity index (χ4n) is 2.02. The van der Waals surface area contributed by atoms with Crippen LogP contribution in [0.15, 0.2) is 24.3 Å². The van der Waals surface area contributed by atoms with Crippen LogP contribution in [0, 0.1) is 12.7 Å². The summed E-state index contributed by atoms with van der Waals surface area (Å²) in [5.74, 6) is 0.639. The van der Waals surface area contributed by atoms with Crippen molar-refractivity contribution in [1.29, 1.82) is 0 Å². The van der Waals surface area contributed by atoms with Crippen LogP contribution in [0.4, 0.5) is 10.2 Å². The number of nitrogens with zero attached hydrogens (tertiary/aromatic N) is 2. The van der Waals surface area contributed by atoms with Crippen LogP contribution in [0.1, 0.15) is 28.7 Å². The Balaban J connectivity index is 2.14. The van der Waals surface area contributed by atoms with Gasteiger partial charge in [0.05, 0.1) is 5.56 Å². The van der Waals surface area contributed by atoms with Crippen molar-refractivity contribution in [2.75, 3.05) is 5.32 Å². The van der Waals surface area contributed by atoms with Crippen molar-refractivity contribution in [2.24, 2.45) is 0 Å². The van der Waals surface area contributed by atoms with Gasteiger partial charge in [-0.05, 0) is 38.0 Å². The molecule has 0 fully saturated rings. The molecule has 0 amide bonds. The quantitative estimate of drug-likeness (QED) is 0.679. The molecule has 4 nitrogen and oxygen atoms in total. The van der Waals surface area contributed by atoms with Crippen LogP contribution >= 0.6 is 11.6 Å². The third kappa shape index (κ3) is 3.98. The van der Waals surface area contributed by atoms with Gasteiger partial charge in [0, 0.05) is 6.04 Å². The number of aromatic nitrogens is 2. The molecule has 1 unspecified atom stereocenters. The van der Waals surface area contributed by atoms with E-state index < -0.39 is 0 Å². The molecule has 0 bridgehead atoms. The number of aldehydes is 1. The Morgan fingerprint density at radius 3 is 2.62 bits per heavy atom. The van der Waals surface area contributed by atoms with E-state index in [1.54, 1.807) is 19.1 Å². The van der Waals surface area contributed by atoms with Gasteiger partial charge in [-0.3, -0.25) is 4.79 Å². The molecular formula is C15H15ClFN3O. The maximum Gasteiger partial charge on any atom is 0.156 e. The van der Waals surface area contributed by atoms with Crippen molar-refractivity contribution in [1.82, 2.24) is 9.97 Å². The zero-order valence-electron chi connectivity index (χ0n) is 11.7. The van der Waals surface area contributed by atoms with Gasteiger partial charge in [-0.2, -0.15) is 0 Å². The minimum Gasteiger partial charge on any atom is -0.367 e. The molecule has 1 aromatic carbocycles. The number of carbonyl (C=O) groups is 1. The summed E-state index contributed by atoms with van der Waals surface area (Å²) >= 11 is 5.93. The summed E-state index contributed by atoms with van der Waals surface area (Å²) in [7, 11) is 0. The van der Waals surface area contributed by atoms with Gasteiger partial charge in [0.15, 0.2) is 6.29 Å². The van der Waals surface area contributed by atoms with E-state index in [-0.39, 0.29) is 22.6 Å². The highest BCUT2D eigenvalue weighted by molar-refractivity contribution is 6.32. The highest BCUT2D eigenvalue weighted by Gasteiger charge is 2.13. The Morgan fingerprint density at radius 1 is 1.33 bits per heavy atom. The molecule has 0 aliphatic carbocycles. The molecule has 2 aromatic rings. The summed E-state index contributed by atoms with van der Waals surface area (Å²) in [6, 6.07) is 6.30. The van der Waals surface area contributed by atoms with E-state index in [1.807, 2.05) is 6.92 Å². The first-order valence-corrected chi connectivity index (χ1v) is 6.87. The molecule has 21 heavy (non-hydrogen) atoms. The van der Waals surface area contributed by atoms with E-state index in [1.165, 1.54) is 12.1 Å². The number of hydrogen-bond acceptors (Lipinski definition) is 4. The van der Waals surface area contributed by atoms with Gasteiger partial charge < -0.3 is 5.32 Å². The number of nitrogens with one attached hydrogen (secondary N) is 1. The maximum atomic E-state index is 12.9. The fourth-order valence-corrected chi connectivity index (χ4v) is 2.28. The van der Waals surface area contributed by atoms with E-state index in [0.717, 1.165) is 5.56 Å². The van der Waals surface area contributed by atoms with Crippen LogP contribution in [-0.4, -0.2) is 22.3 Å². The summed E-state index contributed by atoms with van der Waals surface area (Å²) < 4.78 is 12.9. The van der Waals surface area contributed by atoms with E-state index >= 15 is 0 Å². The van der Waals surface area contributed by atoms with Crippen molar-refractivity contribution >= 4 is 23.7 Å². The molecule has 1 heterocycles. The van der Waals surface area contributed by atoms with Crippen molar-refractivity contribution in [3.63, 3.8) is 0 Å². The second-order valence-electron chi connectivity index (χ2n) is 4.82. The van der Waals surface area contributed by atoms with Gasteiger partial charge in [-0.1, -0.05) is 23.7 Å². The zero-order chi connectivity index (χ0) is 15.4. The number of hydrogen-bond donors (Lipinski definition) is 1. The van der Waals surface area contributed by atoms with Crippen LogP contribution in [0.5, 0.6) is 0 Å². The third-order valence-corrected chi connectivity index (χ3v) is 3.26. The first-order chi connectivity index (χ1) is 9.99. The zero-order valence-corrected chi connectivity index (χ0v) is 12.5. The molecule has 0 spiro atoms. The minimum atomic E-state index is -0.263. The Bertz CT molecular complexity index is 646. The van der Waals surface area contributed by atoms with E-state index in [4.69, 9.17) is 11.6 Å². The van der Waals surface area contributed by atoms with Gasteiger partial charge in [0.1, 0.15) is 22.6 Å². The Morgan fingerprint density at radius 2 is 2.00 bits per heavy atom. The predicted octanol–water partition coefficient (Wildman–Crippen LogP) is 3.43. The molecule has 1 N–H and O–H groups in total. The summed E-state index contributed by atoms with van der Waals surface area (Å²) in [5.41, 5.74) is 1.23. The molecule has 1 atom stereocenters. The fraction of sp³-hybridized carbons (Fsp3) is 0.267. The second kappa shape index (κ2) is 6.63. The maximum absolute atomic E-state index is 12.9. The summed E-state index contributed by atoms with van der Waals surface area (Å²) in [6.07, 6.45) is 1.30. The standard InChI is InChI=1S/C15H15ClFN3O/c1-9(7-11-3-5-12(17)6-4-11)18-15-13(8-21)14(16)19-10(2)20-15/h3-6,8-9H,7H2,1-2H3,(H,18,19,20). The molecule has 0 aliphatic heterocycles. The van der Waals surface area contributed by atoms with Crippen molar-refractivity contribution < 1.29 is 9.18 Å². The average molecular weight is 308 g/mol. The lowest BCUT2D eigenvalue weighted by molar-refractivity contribution is 0.112. The van der Waals surface area contributed by atoms with Crippen LogP contribution in [0.2, 0.25) is 5.15 Å². The first-order valence-electron chi connectivity index (χ1n) is 6.50. The first kappa shape index (κ1) is 15.4. The normalized spacial score (nSPS) is 12.0. The van der Waals surface area contributed by atoms with E-state index in [2.05, 4.69) is 15.3 Å². The van der Waals surface area contributed by atoms with E-state index in [9.17, 15) is 9.18 Å². The minimum absolute atomic E-state index is 0.000437. The van der Waals surface area contributed by atoms with Crippen LogP contribution in [0.25, 0.3) is 0 Å². The molecule has 0 radical (unpaired) electrons. The molecule has 110 valence electrons. The largest absolute Gasteiger partial charge is 0.367 e. The molecule has 0 saturated carbocycles. The number of aryl methyl sites for hydroxylation is 1. The molecule has 6 heteroatoms. The summed E-state index contributed by atoms with van der Waals surface area (Å²) in [4.78, 5) is 19.2. The number of carbonyl (C=O) groups excluding carboxylic acids is 1. The number of anilines is 1. The van der Waals surface area contributed by atoms with Crippen LogP contribution in [-0.2, 0) is 6.42 Å². The van der Waals surface area contributed by atoms with Crippen LogP contribution in [0.3, 0.4) is 0 Å². The number of halogens is 2. The second-order valence-corrected chi connectivity index (χ2v) is 5.18. The molecular weight excluding hydrogens is 293 g/mol. The number of rotatable bonds is 5. The van der Waals surface area contributed by atoms with E-state index in [0.29, 0.717) is 24.3 Å². The smallest absolute Gasteiger partial charge is 0.156 e. The summed E-state index contributed by atoms with van der Waals surface area (Å²) in [6.45, 7) is 3.65. The highest BCUT2D eigenvalue weighted by Crippen LogP contribution is 2.20. The van der Waals surface area contributed by atoms with Gasteiger partial charge in [0.25, 0.3) is 0 Å². The van der Waals surface area contributed by atoms with Gasteiger partial charge in [0.2, 0.25) is 0 Å². The van der Waals surface area contributed by atoms with Crippen molar-refractivity contribution in [2.45, 2.75) is 26.3 Å². The molecule has 2 rings (SSSR count). The lowest BCUT2D eigenvalue weighted by Gasteiger charge is -2.16. The summed E-state index contributed by atoms with van der Waals surface area (Å²) in [5, 5.41) is 3.28. The Hall–Kier alpha value is -2.01. The van der Waals surface area contributed by atoms with Crippen molar-refractivity contribution in [3.05, 3.63) is 52.2 Å². The third-order valence-electron chi connectivity index (χ3n) is 2.97. The molecule has 0 saturated heterocycles. The lowest BCUT2D eigenvalue weighted by atomic mass is 10.1. The lowest BCUT2D eigenvalue weighted by Crippen LogP contribution is -2.20. The average Bonchev–Trinajstić information content (AvgIpc) is 2.41. The Kier molecular flexibility index (Phi) is 4.85. The van der Waals surface area contributed by atoms with Crippen molar-refractivity contribution in [3.8, 4) is 0 Å². The molecule has 0 aliphatic rings. The van der Waals surface area contributed by atoms with Gasteiger partial charge >= 0.3 is 0 Å². The van der Waals surface area contributed by atoms with Gasteiger partial charge in [-0.25, -0.2) is 14.4 Å². The van der Waals surface area contributed by atoms with Crippen LogP contribution < -0.4 is 5.32 Å². The molecule has 1 aromatic heterocycles. The Labute approximate surface area is 127 Å². The SMILES string of the molecule is Cc1nc(Cl)c(C=O)c(NC(C)Cc2ccc(F)cc2)n1. The highest BCUT2D eigenvalue weighted by atomic mass is 35.5. The monoisotopic (exact) mass is 307 g/mol. The van der Waals surface area contributed by atoms with Gasteiger partial charge in [-0.15, -0.1) is 0 Å². The topological polar surface area (TPSA) is 54.9 Å². The number of benzene rings is 1.